The molecule has 0 spiro atoms. The normalized spacial score (nSPS) is 18.6. The number of alkyl carbamates (subject to hydrolysis) is 1. The second-order valence-electron chi connectivity index (χ2n) is 11.1. The highest BCUT2D eigenvalue weighted by atomic mass is 32.2. The number of hydrogen-bond donors (Lipinski definition) is 2. The van der Waals surface area contributed by atoms with Gasteiger partial charge in [-0.25, -0.2) is 13.2 Å². The molecule has 2 aliphatic heterocycles. The monoisotopic (exact) mass is 590 g/mol. The van der Waals surface area contributed by atoms with Crippen molar-refractivity contribution in [3.8, 4) is 11.1 Å². The van der Waals surface area contributed by atoms with Gasteiger partial charge in [0.1, 0.15) is 6.61 Å². The molecule has 6 rings (SSSR count). The minimum absolute atomic E-state index is 0.00218. The van der Waals surface area contributed by atoms with E-state index in [1.165, 1.54) is 34.4 Å². The van der Waals surface area contributed by atoms with Crippen molar-refractivity contribution in [1.82, 2.24) is 5.32 Å². The van der Waals surface area contributed by atoms with Gasteiger partial charge < -0.3 is 24.8 Å². The first-order valence-corrected chi connectivity index (χ1v) is 15.8. The fourth-order valence-electron chi connectivity index (χ4n) is 6.45. The topological polar surface area (TPSA) is 122 Å². The third kappa shape index (κ3) is 5.03. The smallest absolute Gasteiger partial charge is 0.407 e. The molecule has 0 aromatic heterocycles. The minimum atomic E-state index is -4.10. The van der Waals surface area contributed by atoms with Gasteiger partial charge in [0, 0.05) is 56.8 Å². The van der Waals surface area contributed by atoms with E-state index in [1.807, 2.05) is 24.3 Å². The number of fused-ring (bicyclic) bond motifs is 3. The molecule has 10 heteroatoms. The molecule has 2 saturated heterocycles. The van der Waals surface area contributed by atoms with Crippen molar-refractivity contribution in [2.45, 2.75) is 47.3 Å². The predicted octanol–water partition coefficient (Wildman–Crippen LogP) is 4.60. The number of sulfone groups is 1. The van der Waals surface area contributed by atoms with Gasteiger partial charge >= 0.3 is 12.1 Å². The molecule has 42 heavy (non-hydrogen) atoms. The van der Waals surface area contributed by atoms with Gasteiger partial charge in [-0.1, -0.05) is 48.5 Å². The lowest BCUT2D eigenvalue weighted by atomic mass is 9.98. The number of nitrogens with zero attached hydrogens (tertiary/aromatic N) is 1. The van der Waals surface area contributed by atoms with Crippen LogP contribution >= 0.6 is 0 Å². The first kappa shape index (κ1) is 28.2. The van der Waals surface area contributed by atoms with Crippen molar-refractivity contribution in [2.24, 2.45) is 0 Å². The van der Waals surface area contributed by atoms with Crippen LogP contribution in [0.1, 0.15) is 42.7 Å². The molecule has 2 heterocycles. The maximum Gasteiger partial charge on any atom is 0.407 e. The Morgan fingerprint density at radius 3 is 2.05 bits per heavy atom. The fourth-order valence-corrected chi connectivity index (χ4v) is 8.33. The molecule has 3 aromatic rings. The van der Waals surface area contributed by atoms with Crippen LogP contribution in [0.15, 0.2) is 77.7 Å². The number of carboxylic acids is 1. The zero-order chi connectivity index (χ0) is 29.3. The average Bonchev–Trinajstić information content (AvgIpc) is 3.34. The summed E-state index contributed by atoms with van der Waals surface area (Å²) in [5.41, 5.74) is 5.56. The van der Waals surface area contributed by atoms with Crippen LogP contribution in [0.4, 0.5) is 10.5 Å². The van der Waals surface area contributed by atoms with Crippen molar-refractivity contribution >= 4 is 27.6 Å². The Balaban J connectivity index is 1.03. The van der Waals surface area contributed by atoms with Crippen LogP contribution in [0, 0.1) is 0 Å². The van der Waals surface area contributed by atoms with Gasteiger partial charge in [0.2, 0.25) is 0 Å². The maximum absolute atomic E-state index is 13.3. The molecular formula is C32H34N2O7S. The number of anilines is 1. The number of piperidine rings is 1. The number of carbonyl (C=O) groups is 2. The van der Waals surface area contributed by atoms with E-state index in [-0.39, 0.29) is 49.5 Å². The lowest BCUT2D eigenvalue weighted by molar-refractivity contribution is -0.142. The maximum atomic E-state index is 13.3. The third-order valence-corrected chi connectivity index (χ3v) is 11.4. The Kier molecular flexibility index (Phi) is 7.67. The minimum Gasteiger partial charge on any atom is -0.480 e. The summed E-state index contributed by atoms with van der Waals surface area (Å²) in [5.74, 6) is -1.32. The molecule has 2 N–H and O–H groups in total. The molecule has 1 amide bonds. The van der Waals surface area contributed by atoms with E-state index < -0.39 is 26.6 Å². The second-order valence-corrected chi connectivity index (χ2v) is 13.4. The van der Waals surface area contributed by atoms with Crippen LogP contribution in [-0.2, 0) is 24.1 Å². The highest BCUT2D eigenvalue weighted by molar-refractivity contribution is 7.93. The Morgan fingerprint density at radius 1 is 0.905 bits per heavy atom. The Hall–Kier alpha value is -3.89. The van der Waals surface area contributed by atoms with Crippen molar-refractivity contribution in [1.29, 1.82) is 0 Å². The highest BCUT2D eigenvalue weighted by Crippen LogP contribution is 2.44. The van der Waals surface area contributed by atoms with Crippen LogP contribution in [0.3, 0.4) is 0 Å². The van der Waals surface area contributed by atoms with E-state index in [2.05, 4.69) is 34.5 Å². The van der Waals surface area contributed by atoms with E-state index in [1.54, 1.807) is 12.1 Å². The number of ether oxygens (including phenoxy) is 2. The highest BCUT2D eigenvalue weighted by Gasteiger charge is 2.52. The second kappa shape index (κ2) is 11.4. The van der Waals surface area contributed by atoms with Gasteiger partial charge in [-0.05, 0) is 59.4 Å². The van der Waals surface area contributed by atoms with E-state index >= 15 is 0 Å². The molecule has 0 atom stereocenters. The average molecular weight is 591 g/mol. The van der Waals surface area contributed by atoms with Crippen LogP contribution in [0.2, 0.25) is 0 Å². The molecule has 220 valence electrons. The van der Waals surface area contributed by atoms with Crippen LogP contribution in [-0.4, -0.2) is 69.3 Å². The molecule has 0 bridgehead atoms. The van der Waals surface area contributed by atoms with E-state index in [0.29, 0.717) is 25.9 Å². The largest absolute Gasteiger partial charge is 0.480 e. The lowest BCUT2D eigenvalue weighted by Crippen LogP contribution is -2.50. The summed E-state index contributed by atoms with van der Waals surface area (Å²) in [6.07, 6.45) is 0.858. The number of hydrogen-bond acceptors (Lipinski definition) is 7. The summed E-state index contributed by atoms with van der Waals surface area (Å²) in [6, 6.07) is 22.9. The number of carbonyl (C=O) groups excluding carboxylic acids is 1. The van der Waals surface area contributed by atoms with Gasteiger partial charge in [-0.2, -0.15) is 0 Å². The number of amides is 1. The van der Waals surface area contributed by atoms with Crippen LogP contribution < -0.4 is 10.2 Å². The van der Waals surface area contributed by atoms with Gasteiger partial charge in [-0.3, -0.25) is 4.79 Å². The summed E-state index contributed by atoms with van der Waals surface area (Å²) in [4.78, 5) is 26.9. The number of rotatable bonds is 7. The fraction of sp³-hybridized carbons (Fsp3) is 0.375. The summed E-state index contributed by atoms with van der Waals surface area (Å²) in [7, 11) is -4.10. The third-order valence-electron chi connectivity index (χ3n) is 8.88. The zero-order valence-corrected chi connectivity index (χ0v) is 24.0. The summed E-state index contributed by atoms with van der Waals surface area (Å²) in [5, 5.41) is 12.8. The quantitative estimate of drug-likeness (QED) is 0.410. The molecule has 0 radical (unpaired) electrons. The molecule has 1 aliphatic carbocycles. The molecular weight excluding hydrogens is 556 g/mol. The standard InChI is InChI=1S/C32H34N2O7S/c35-30(36)32(15-19-40-20-16-32)42(38,39)24-11-9-23(10-12-24)34-17-13-22(14-18-34)33-31(37)41-21-29-27-7-3-1-5-25(27)26-6-2-4-8-28(26)29/h1-12,22,29H,13-21H2,(H,33,37)(H,35,36). The number of nitrogens with one attached hydrogen (secondary N) is 1. The van der Waals surface area contributed by atoms with Crippen molar-refractivity contribution in [3.05, 3.63) is 83.9 Å². The molecule has 3 aromatic carbocycles. The molecule has 0 unspecified atom stereocenters. The van der Waals surface area contributed by atoms with Gasteiger partial charge in [0.15, 0.2) is 14.6 Å². The lowest BCUT2D eigenvalue weighted by Gasteiger charge is -2.34. The summed E-state index contributed by atoms with van der Waals surface area (Å²) in [6.45, 7) is 1.82. The summed E-state index contributed by atoms with van der Waals surface area (Å²) >= 11 is 0. The number of carboxylic acid groups (broad SMARTS) is 1. The van der Waals surface area contributed by atoms with Crippen molar-refractivity contribution in [3.63, 3.8) is 0 Å². The van der Waals surface area contributed by atoms with Gasteiger partial charge in [0.25, 0.3) is 0 Å². The van der Waals surface area contributed by atoms with Crippen molar-refractivity contribution in [2.75, 3.05) is 37.8 Å². The Labute approximate surface area is 245 Å². The first-order valence-electron chi connectivity index (χ1n) is 14.3. The summed E-state index contributed by atoms with van der Waals surface area (Å²) < 4.78 is 35.8. The molecule has 0 saturated carbocycles. The van der Waals surface area contributed by atoms with Gasteiger partial charge in [0.05, 0.1) is 4.90 Å². The van der Waals surface area contributed by atoms with Crippen LogP contribution in [0.5, 0.6) is 0 Å². The van der Waals surface area contributed by atoms with Crippen molar-refractivity contribution < 1.29 is 32.6 Å². The van der Waals surface area contributed by atoms with Gasteiger partial charge in [-0.15, -0.1) is 0 Å². The van der Waals surface area contributed by atoms with Crippen LogP contribution in [0.25, 0.3) is 11.1 Å². The Bertz CT molecular complexity index is 1530. The number of aliphatic carboxylic acids is 1. The van der Waals surface area contributed by atoms with E-state index in [4.69, 9.17) is 9.47 Å². The molecule has 3 aliphatic rings. The Morgan fingerprint density at radius 2 is 1.48 bits per heavy atom. The zero-order valence-electron chi connectivity index (χ0n) is 23.2. The number of benzene rings is 3. The van der Waals surface area contributed by atoms with E-state index in [9.17, 15) is 23.1 Å². The molecule has 2 fully saturated rings. The predicted molar refractivity (Wildman–Crippen MR) is 157 cm³/mol. The SMILES string of the molecule is O=C(NC1CCN(c2ccc(S(=O)(=O)C3(C(=O)O)CCOCC3)cc2)CC1)OCC1c2ccccc2-c2ccccc21. The molecule has 9 nitrogen and oxygen atoms in total. The first-order chi connectivity index (χ1) is 20.3. The van der Waals surface area contributed by atoms with E-state index in [0.717, 1.165) is 5.69 Å².